The summed E-state index contributed by atoms with van der Waals surface area (Å²) in [7, 11) is 0. The smallest absolute Gasteiger partial charge is 0.245 e. The minimum absolute atomic E-state index is 0.0415. The number of hydrogen-bond acceptors (Lipinski definition) is 5. The number of benzene rings is 1. The number of aromatic nitrogens is 1. The van der Waals surface area contributed by atoms with Gasteiger partial charge in [-0.2, -0.15) is 0 Å². The monoisotopic (exact) mass is 374 g/mol. The third kappa shape index (κ3) is 4.86. The molecule has 1 aliphatic rings. The molecule has 0 aliphatic carbocycles. The molecule has 0 atom stereocenters. The Kier molecular flexibility index (Phi) is 5.79. The highest BCUT2D eigenvalue weighted by Crippen LogP contribution is 2.29. The normalized spacial score (nSPS) is 17.1. The van der Waals surface area contributed by atoms with Gasteiger partial charge in [-0.3, -0.25) is 9.69 Å². The van der Waals surface area contributed by atoms with Gasteiger partial charge in [-0.1, -0.05) is 11.2 Å². The molecular formula is C20H27FN4O2. The number of rotatable bonds is 6. The maximum Gasteiger partial charge on any atom is 0.245 e. The van der Waals surface area contributed by atoms with Gasteiger partial charge in [0.2, 0.25) is 5.91 Å². The third-order valence-electron chi connectivity index (χ3n) is 4.83. The van der Waals surface area contributed by atoms with Gasteiger partial charge in [-0.15, -0.1) is 0 Å². The molecule has 27 heavy (non-hydrogen) atoms. The van der Waals surface area contributed by atoms with E-state index in [0.717, 1.165) is 24.5 Å². The van der Waals surface area contributed by atoms with Crippen LogP contribution in [0.1, 0.15) is 38.1 Å². The number of anilines is 1. The first kappa shape index (κ1) is 19.4. The summed E-state index contributed by atoms with van der Waals surface area (Å²) >= 11 is 0. The molecule has 6 nitrogen and oxygen atoms in total. The summed E-state index contributed by atoms with van der Waals surface area (Å²) in [4.78, 5) is 15.2. The molecule has 146 valence electrons. The van der Waals surface area contributed by atoms with Crippen molar-refractivity contribution >= 4 is 11.6 Å². The summed E-state index contributed by atoms with van der Waals surface area (Å²) in [6, 6.07) is 8.23. The molecule has 1 amide bonds. The van der Waals surface area contributed by atoms with Gasteiger partial charge in [0.05, 0.1) is 5.69 Å². The summed E-state index contributed by atoms with van der Waals surface area (Å²) in [6.45, 7) is 7.92. The van der Waals surface area contributed by atoms with Gasteiger partial charge in [0.15, 0.2) is 0 Å². The average molecular weight is 374 g/mol. The van der Waals surface area contributed by atoms with E-state index in [1.54, 1.807) is 12.1 Å². The summed E-state index contributed by atoms with van der Waals surface area (Å²) < 4.78 is 18.7. The standard InChI is InChI=1S/C20H27FN4O2/c1-14(2)22-19(26)20(23-17-6-4-5-16(21)12-17)7-9-25(10-8-20)13-18-11-15(3)27-24-18/h4-6,11-12,14,23H,7-10,13H2,1-3H3,(H,22,26). The van der Waals surface area contributed by atoms with Crippen LogP contribution in [0.3, 0.4) is 0 Å². The number of carbonyl (C=O) groups is 1. The highest BCUT2D eigenvalue weighted by Gasteiger charge is 2.41. The SMILES string of the molecule is Cc1cc(CN2CCC(Nc3cccc(F)c3)(C(=O)NC(C)C)CC2)no1. The second-order valence-electron chi connectivity index (χ2n) is 7.55. The van der Waals surface area contributed by atoms with Gasteiger partial charge < -0.3 is 15.2 Å². The predicted molar refractivity (Wildman–Crippen MR) is 102 cm³/mol. The van der Waals surface area contributed by atoms with E-state index in [1.807, 2.05) is 26.8 Å². The molecule has 1 aromatic carbocycles. The lowest BCUT2D eigenvalue weighted by Gasteiger charge is -2.42. The first-order valence-corrected chi connectivity index (χ1v) is 9.35. The molecule has 0 radical (unpaired) electrons. The van der Waals surface area contributed by atoms with Crippen LogP contribution in [0.25, 0.3) is 0 Å². The molecule has 1 aliphatic heterocycles. The second kappa shape index (κ2) is 8.08. The van der Waals surface area contributed by atoms with Crippen LogP contribution in [0.2, 0.25) is 0 Å². The van der Waals surface area contributed by atoms with Crippen molar-refractivity contribution in [1.29, 1.82) is 0 Å². The van der Waals surface area contributed by atoms with E-state index in [0.29, 0.717) is 25.1 Å². The van der Waals surface area contributed by atoms with Crippen molar-refractivity contribution in [1.82, 2.24) is 15.4 Å². The first-order chi connectivity index (χ1) is 12.9. The van der Waals surface area contributed by atoms with Gasteiger partial charge in [-0.25, -0.2) is 4.39 Å². The van der Waals surface area contributed by atoms with Gasteiger partial charge in [-0.05, 0) is 51.8 Å². The van der Waals surface area contributed by atoms with Crippen molar-refractivity contribution in [3.8, 4) is 0 Å². The van der Waals surface area contributed by atoms with Crippen LogP contribution < -0.4 is 10.6 Å². The third-order valence-corrected chi connectivity index (χ3v) is 4.83. The van der Waals surface area contributed by atoms with Crippen molar-refractivity contribution in [2.45, 2.75) is 51.7 Å². The Morgan fingerprint density at radius 3 is 2.67 bits per heavy atom. The van der Waals surface area contributed by atoms with Crippen LogP contribution in [0.4, 0.5) is 10.1 Å². The van der Waals surface area contributed by atoms with E-state index in [2.05, 4.69) is 20.7 Å². The Labute approximate surface area is 159 Å². The van der Waals surface area contributed by atoms with Gasteiger partial charge >= 0.3 is 0 Å². The van der Waals surface area contributed by atoms with Gasteiger partial charge in [0.1, 0.15) is 17.1 Å². The van der Waals surface area contributed by atoms with E-state index in [-0.39, 0.29) is 17.8 Å². The highest BCUT2D eigenvalue weighted by molar-refractivity contribution is 5.89. The molecule has 0 spiro atoms. The molecule has 0 bridgehead atoms. The number of piperidine rings is 1. The Bertz CT molecular complexity index is 782. The average Bonchev–Trinajstić information content (AvgIpc) is 3.01. The van der Waals surface area contributed by atoms with Gasteiger partial charge in [0, 0.05) is 37.4 Å². The fourth-order valence-electron chi connectivity index (χ4n) is 3.47. The number of halogens is 1. The van der Waals surface area contributed by atoms with Gasteiger partial charge in [0.25, 0.3) is 0 Å². The minimum atomic E-state index is -0.756. The molecule has 1 fully saturated rings. The van der Waals surface area contributed by atoms with E-state index in [1.165, 1.54) is 12.1 Å². The number of amides is 1. The molecule has 2 aromatic rings. The highest BCUT2D eigenvalue weighted by atomic mass is 19.1. The Morgan fingerprint density at radius 2 is 2.07 bits per heavy atom. The van der Waals surface area contributed by atoms with Crippen LogP contribution >= 0.6 is 0 Å². The minimum Gasteiger partial charge on any atom is -0.371 e. The summed E-state index contributed by atoms with van der Waals surface area (Å²) in [5, 5.41) is 10.4. The lowest BCUT2D eigenvalue weighted by molar-refractivity contribution is -0.127. The van der Waals surface area contributed by atoms with E-state index in [4.69, 9.17) is 4.52 Å². The maximum absolute atomic E-state index is 13.6. The van der Waals surface area contributed by atoms with Crippen molar-refractivity contribution < 1.29 is 13.7 Å². The number of nitrogens with zero attached hydrogens (tertiary/aromatic N) is 2. The molecule has 7 heteroatoms. The lowest BCUT2D eigenvalue weighted by Crippen LogP contribution is -2.59. The quantitative estimate of drug-likeness (QED) is 0.813. The topological polar surface area (TPSA) is 70.4 Å². The number of likely N-dealkylation sites (tertiary alicyclic amines) is 1. The number of hydrogen-bond donors (Lipinski definition) is 2. The molecule has 0 unspecified atom stereocenters. The molecule has 1 saturated heterocycles. The fraction of sp³-hybridized carbons (Fsp3) is 0.500. The van der Waals surface area contributed by atoms with Crippen LogP contribution in [-0.4, -0.2) is 40.6 Å². The van der Waals surface area contributed by atoms with Crippen molar-refractivity contribution in [2.75, 3.05) is 18.4 Å². The summed E-state index contributed by atoms with van der Waals surface area (Å²) in [6.07, 6.45) is 1.25. The van der Waals surface area contributed by atoms with E-state index >= 15 is 0 Å². The summed E-state index contributed by atoms with van der Waals surface area (Å²) in [5.74, 6) is 0.428. The van der Waals surface area contributed by atoms with Crippen LogP contribution in [0, 0.1) is 12.7 Å². The largest absolute Gasteiger partial charge is 0.371 e. The lowest BCUT2D eigenvalue weighted by atomic mass is 9.85. The van der Waals surface area contributed by atoms with Crippen molar-refractivity contribution in [3.63, 3.8) is 0 Å². The number of aryl methyl sites for hydroxylation is 1. The Balaban J connectivity index is 1.72. The van der Waals surface area contributed by atoms with Crippen molar-refractivity contribution in [3.05, 3.63) is 47.6 Å². The Hall–Kier alpha value is -2.41. The second-order valence-corrected chi connectivity index (χ2v) is 7.55. The maximum atomic E-state index is 13.6. The molecule has 2 N–H and O–H groups in total. The zero-order valence-electron chi connectivity index (χ0n) is 16.1. The summed E-state index contributed by atoms with van der Waals surface area (Å²) in [5.41, 5.74) is 0.758. The molecule has 1 aromatic heterocycles. The zero-order chi connectivity index (χ0) is 19.4. The zero-order valence-corrected chi connectivity index (χ0v) is 16.1. The van der Waals surface area contributed by atoms with Crippen LogP contribution in [0.15, 0.2) is 34.9 Å². The first-order valence-electron chi connectivity index (χ1n) is 9.35. The van der Waals surface area contributed by atoms with E-state index < -0.39 is 5.54 Å². The van der Waals surface area contributed by atoms with E-state index in [9.17, 15) is 9.18 Å². The van der Waals surface area contributed by atoms with Crippen molar-refractivity contribution in [2.24, 2.45) is 0 Å². The number of carbonyl (C=O) groups excluding carboxylic acids is 1. The van der Waals surface area contributed by atoms with Crippen LogP contribution in [-0.2, 0) is 11.3 Å². The molecule has 2 heterocycles. The molecular weight excluding hydrogens is 347 g/mol. The molecule has 0 saturated carbocycles. The Morgan fingerprint density at radius 1 is 1.33 bits per heavy atom. The fourth-order valence-corrected chi connectivity index (χ4v) is 3.47. The predicted octanol–water partition coefficient (Wildman–Crippen LogP) is 3.09. The van der Waals surface area contributed by atoms with Crippen LogP contribution in [0.5, 0.6) is 0 Å². The molecule has 3 rings (SSSR count). The number of nitrogens with one attached hydrogen (secondary N) is 2.